The zero-order valence-electron chi connectivity index (χ0n) is 10.9. The number of hydrogen-bond donors (Lipinski definition) is 1. The molecular weight excluding hydrogens is 278 g/mol. The standard InChI is InChI=1S/C14H15NO4S/c1-2-8-15(10-14(16)17)20(18,19)13-7-6-11-4-3-5-12(11)9-13/h1,6-7,9H,3-5,8,10H2,(H,16,17). The molecule has 1 N–H and O–H groups in total. The number of rotatable bonds is 5. The van der Waals surface area contributed by atoms with Crippen LogP contribution in [0.1, 0.15) is 17.5 Å². The van der Waals surface area contributed by atoms with Crippen LogP contribution >= 0.6 is 0 Å². The van der Waals surface area contributed by atoms with Crippen molar-refractivity contribution in [3.63, 3.8) is 0 Å². The van der Waals surface area contributed by atoms with Crippen molar-refractivity contribution in [2.45, 2.75) is 24.2 Å². The molecule has 0 spiro atoms. The Balaban J connectivity index is 2.37. The van der Waals surface area contributed by atoms with Gasteiger partial charge in [0.15, 0.2) is 0 Å². The summed E-state index contributed by atoms with van der Waals surface area (Å²) in [5, 5.41) is 8.80. The number of aryl methyl sites for hydroxylation is 2. The van der Waals surface area contributed by atoms with E-state index in [1.54, 1.807) is 12.1 Å². The Labute approximate surface area is 118 Å². The topological polar surface area (TPSA) is 74.7 Å². The summed E-state index contributed by atoms with van der Waals surface area (Å²) in [6.45, 7) is -0.894. The van der Waals surface area contributed by atoms with Crippen LogP contribution in [0.25, 0.3) is 0 Å². The summed E-state index contributed by atoms with van der Waals surface area (Å²) in [6.07, 6.45) is 7.95. The molecule has 1 aliphatic rings. The number of aliphatic carboxylic acids is 1. The Bertz CT molecular complexity index is 673. The third kappa shape index (κ3) is 2.84. The molecule has 0 bridgehead atoms. The van der Waals surface area contributed by atoms with Gasteiger partial charge in [-0.05, 0) is 42.5 Å². The van der Waals surface area contributed by atoms with Crippen molar-refractivity contribution >= 4 is 16.0 Å². The molecule has 2 rings (SSSR count). The molecule has 0 radical (unpaired) electrons. The molecule has 0 saturated carbocycles. The number of benzene rings is 1. The van der Waals surface area contributed by atoms with E-state index in [4.69, 9.17) is 11.5 Å². The van der Waals surface area contributed by atoms with E-state index in [0.29, 0.717) is 0 Å². The minimum Gasteiger partial charge on any atom is -0.480 e. The summed E-state index contributed by atoms with van der Waals surface area (Å²) in [5.41, 5.74) is 2.17. The average Bonchev–Trinajstić information content (AvgIpc) is 2.84. The second-order valence-electron chi connectivity index (χ2n) is 4.66. The zero-order valence-corrected chi connectivity index (χ0v) is 11.7. The Morgan fingerprint density at radius 3 is 2.70 bits per heavy atom. The number of nitrogens with zero attached hydrogens (tertiary/aromatic N) is 1. The molecule has 0 aliphatic heterocycles. The minimum atomic E-state index is -3.87. The number of carboxylic acids is 1. The van der Waals surface area contributed by atoms with E-state index in [2.05, 4.69) is 5.92 Å². The van der Waals surface area contributed by atoms with Crippen molar-refractivity contribution in [3.8, 4) is 12.3 Å². The fourth-order valence-corrected chi connectivity index (χ4v) is 3.69. The van der Waals surface area contributed by atoms with Crippen LogP contribution < -0.4 is 0 Å². The fraction of sp³-hybridized carbons (Fsp3) is 0.357. The van der Waals surface area contributed by atoms with Gasteiger partial charge in [0.05, 0.1) is 11.4 Å². The summed E-state index contributed by atoms with van der Waals surface area (Å²) < 4.78 is 25.6. The Morgan fingerprint density at radius 1 is 1.35 bits per heavy atom. The van der Waals surface area contributed by atoms with Gasteiger partial charge in [-0.15, -0.1) is 6.42 Å². The summed E-state index contributed by atoms with van der Waals surface area (Å²) in [4.78, 5) is 10.9. The lowest BCUT2D eigenvalue weighted by molar-refractivity contribution is -0.137. The van der Waals surface area contributed by atoms with Gasteiger partial charge in [0.2, 0.25) is 10.0 Å². The maximum atomic E-state index is 12.4. The molecule has 0 saturated heterocycles. The molecule has 20 heavy (non-hydrogen) atoms. The van der Waals surface area contributed by atoms with Crippen molar-refractivity contribution < 1.29 is 18.3 Å². The van der Waals surface area contributed by atoms with E-state index < -0.39 is 22.5 Å². The lowest BCUT2D eigenvalue weighted by Gasteiger charge is -2.18. The minimum absolute atomic E-state index is 0.106. The van der Waals surface area contributed by atoms with Gasteiger partial charge in [-0.2, -0.15) is 4.31 Å². The van der Waals surface area contributed by atoms with E-state index in [0.717, 1.165) is 34.7 Å². The van der Waals surface area contributed by atoms with Gasteiger partial charge >= 0.3 is 5.97 Å². The van der Waals surface area contributed by atoms with Crippen LogP contribution in [0, 0.1) is 12.3 Å². The van der Waals surface area contributed by atoms with E-state index >= 15 is 0 Å². The first-order valence-electron chi connectivity index (χ1n) is 6.22. The third-order valence-corrected chi connectivity index (χ3v) is 5.07. The molecule has 0 heterocycles. The summed E-state index contributed by atoms with van der Waals surface area (Å²) in [7, 11) is -3.87. The van der Waals surface area contributed by atoms with Crippen LogP contribution in [0.4, 0.5) is 0 Å². The number of sulfonamides is 1. The first-order valence-corrected chi connectivity index (χ1v) is 7.66. The van der Waals surface area contributed by atoms with Gasteiger partial charge in [-0.3, -0.25) is 4.79 Å². The zero-order chi connectivity index (χ0) is 14.8. The SMILES string of the molecule is C#CCN(CC(=O)O)S(=O)(=O)c1ccc2c(c1)CCC2. The molecule has 106 valence electrons. The van der Waals surface area contributed by atoms with Crippen molar-refractivity contribution in [1.29, 1.82) is 0 Å². The Morgan fingerprint density at radius 2 is 2.05 bits per heavy atom. The molecular formula is C14H15NO4S. The predicted octanol–water partition coefficient (Wildman–Crippen LogP) is 0.884. The lowest BCUT2D eigenvalue weighted by atomic mass is 10.1. The van der Waals surface area contributed by atoms with Crippen molar-refractivity contribution in [2.75, 3.05) is 13.1 Å². The molecule has 0 unspecified atom stereocenters. The van der Waals surface area contributed by atoms with Gasteiger partial charge in [0, 0.05) is 0 Å². The van der Waals surface area contributed by atoms with Gasteiger partial charge in [-0.1, -0.05) is 12.0 Å². The molecule has 1 aromatic rings. The Hall–Kier alpha value is -1.84. The Kier molecular flexibility index (Phi) is 4.12. The number of terminal acetylenes is 1. The van der Waals surface area contributed by atoms with Crippen molar-refractivity contribution in [2.24, 2.45) is 0 Å². The lowest BCUT2D eigenvalue weighted by Crippen LogP contribution is -2.36. The molecule has 0 atom stereocenters. The second kappa shape index (κ2) is 5.65. The predicted molar refractivity (Wildman–Crippen MR) is 73.7 cm³/mol. The van der Waals surface area contributed by atoms with Crippen LogP contribution in [0.2, 0.25) is 0 Å². The fourth-order valence-electron chi connectivity index (χ4n) is 2.34. The summed E-state index contributed by atoms with van der Waals surface area (Å²) >= 11 is 0. The van der Waals surface area contributed by atoms with E-state index in [1.165, 1.54) is 6.07 Å². The number of carboxylic acid groups (broad SMARTS) is 1. The second-order valence-corrected chi connectivity index (χ2v) is 6.59. The van der Waals surface area contributed by atoms with Gasteiger partial charge in [-0.25, -0.2) is 8.42 Å². The normalized spacial score (nSPS) is 14.0. The maximum Gasteiger partial charge on any atom is 0.318 e. The molecule has 0 fully saturated rings. The van der Waals surface area contributed by atoms with Crippen LogP contribution in [0.3, 0.4) is 0 Å². The van der Waals surface area contributed by atoms with E-state index in [9.17, 15) is 13.2 Å². The van der Waals surface area contributed by atoms with Crippen molar-refractivity contribution in [3.05, 3.63) is 29.3 Å². The van der Waals surface area contributed by atoms with E-state index in [1.807, 2.05) is 0 Å². The van der Waals surface area contributed by atoms with Crippen LogP contribution in [0.5, 0.6) is 0 Å². The van der Waals surface area contributed by atoms with E-state index in [-0.39, 0.29) is 11.4 Å². The number of hydrogen-bond acceptors (Lipinski definition) is 3. The van der Waals surface area contributed by atoms with Gasteiger partial charge in [0.1, 0.15) is 6.54 Å². The first-order chi connectivity index (χ1) is 9.45. The molecule has 0 amide bonds. The molecule has 6 heteroatoms. The highest BCUT2D eigenvalue weighted by molar-refractivity contribution is 7.89. The molecule has 1 aromatic carbocycles. The van der Waals surface area contributed by atoms with Crippen LogP contribution in [0.15, 0.2) is 23.1 Å². The quantitative estimate of drug-likeness (QED) is 0.818. The molecule has 1 aliphatic carbocycles. The highest BCUT2D eigenvalue weighted by atomic mass is 32.2. The van der Waals surface area contributed by atoms with Crippen molar-refractivity contribution in [1.82, 2.24) is 4.31 Å². The van der Waals surface area contributed by atoms with Gasteiger partial charge < -0.3 is 5.11 Å². The molecule has 0 aromatic heterocycles. The average molecular weight is 293 g/mol. The molecule has 5 nitrogen and oxygen atoms in total. The first kappa shape index (κ1) is 14.6. The van der Waals surface area contributed by atoms with Gasteiger partial charge in [0.25, 0.3) is 0 Å². The van der Waals surface area contributed by atoms with Crippen LogP contribution in [-0.2, 0) is 27.7 Å². The summed E-state index contributed by atoms with van der Waals surface area (Å²) in [5.74, 6) is 0.953. The third-order valence-electron chi connectivity index (χ3n) is 3.29. The highest BCUT2D eigenvalue weighted by Crippen LogP contribution is 2.26. The number of fused-ring (bicyclic) bond motifs is 1. The highest BCUT2D eigenvalue weighted by Gasteiger charge is 2.27. The maximum absolute atomic E-state index is 12.4. The number of carbonyl (C=O) groups is 1. The largest absolute Gasteiger partial charge is 0.480 e. The monoisotopic (exact) mass is 293 g/mol. The summed E-state index contributed by atoms with van der Waals surface area (Å²) in [6, 6.07) is 4.94. The smallest absolute Gasteiger partial charge is 0.318 e. The van der Waals surface area contributed by atoms with Crippen LogP contribution in [-0.4, -0.2) is 36.9 Å².